The summed E-state index contributed by atoms with van der Waals surface area (Å²) in [6.45, 7) is 9.34. The largest absolute Gasteiger partial charge is 0.479 e. The lowest BCUT2D eigenvalue weighted by molar-refractivity contribution is -0.160. The molecule has 0 bridgehead atoms. The van der Waals surface area contributed by atoms with Crippen LogP contribution >= 0.6 is 22.9 Å². The molecular formula is C26H25ClN2O3S. The zero-order valence-corrected chi connectivity index (χ0v) is 20.7. The third kappa shape index (κ3) is 4.78. The number of aromatic nitrogens is 2. The Balaban J connectivity index is 2.01. The number of pyridine rings is 1. The maximum atomic E-state index is 12.4. The average Bonchev–Trinajstić information content (AvgIpc) is 3.21. The maximum Gasteiger partial charge on any atom is 0.337 e. The Labute approximate surface area is 202 Å². The number of carboxylic acids is 1. The highest BCUT2D eigenvalue weighted by molar-refractivity contribution is 7.16. The van der Waals surface area contributed by atoms with E-state index in [-0.39, 0.29) is 0 Å². The van der Waals surface area contributed by atoms with Crippen LogP contribution < -0.4 is 0 Å². The van der Waals surface area contributed by atoms with Crippen LogP contribution in [0.15, 0.2) is 48.0 Å². The van der Waals surface area contributed by atoms with Gasteiger partial charge in [-0.2, -0.15) is 0 Å². The molecule has 0 aliphatic rings. The highest BCUT2D eigenvalue weighted by Crippen LogP contribution is 2.41. The second-order valence-corrected chi connectivity index (χ2v) is 10.3. The number of nitrogens with zero attached hydrogens (tertiary/aromatic N) is 2. The van der Waals surface area contributed by atoms with Crippen LogP contribution in [0.5, 0.6) is 0 Å². The van der Waals surface area contributed by atoms with Crippen LogP contribution in [-0.4, -0.2) is 26.6 Å². The highest BCUT2D eigenvalue weighted by Gasteiger charge is 2.32. The number of aryl methyl sites for hydroxylation is 1. The van der Waals surface area contributed by atoms with Crippen molar-refractivity contribution in [1.29, 1.82) is 0 Å². The molecule has 2 aromatic heterocycles. The van der Waals surface area contributed by atoms with Gasteiger partial charge in [0.05, 0.1) is 27.0 Å². The molecule has 4 aromatic rings. The molecule has 5 nitrogen and oxygen atoms in total. The number of halogens is 1. The van der Waals surface area contributed by atoms with Gasteiger partial charge < -0.3 is 9.84 Å². The molecule has 0 spiro atoms. The van der Waals surface area contributed by atoms with E-state index in [1.807, 2.05) is 70.5 Å². The minimum Gasteiger partial charge on any atom is -0.479 e. The molecule has 1 atom stereocenters. The van der Waals surface area contributed by atoms with E-state index < -0.39 is 17.7 Å². The zero-order chi connectivity index (χ0) is 23.9. The monoisotopic (exact) mass is 480 g/mol. The predicted molar refractivity (Wildman–Crippen MR) is 134 cm³/mol. The Bertz CT molecular complexity index is 1340. The predicted octanol–water partition coefficient (Wildman–Crippen LogP) is 7.24. The van der Waals surface area contributed by atoms with Gasteiger partial charge in [-0.05, 0) is 75.6 Å². The minimum absolute atomic E-state index is 0.552. The van der Waals surface area contributed by atoms with Gasteiger partial charge in [-0.3, -0.25) is 4.98 Å². The van der Waals surface area contributed by atoms with Crippen LogP contribution in [0.3, 0.4) is 0 Å². The number of ether oxygens (including phenoxy) is 1. The van der Waals surface area contributed by atoms with Crippen molar-refractivity contribution in [3.8, 4) is 22.4 Å². The third-order valence-electron chi connectivity index (χ3n) is 5.36. The number of hydrogen-bond donors (Lipinski definition) is 1. The van der Waals surface area contributed by atoms with Crippen molar-refractivity contribution in [2.24, 2.45) is 0 Å². The molecule has 2 aromatic carbocycles. The molecule has 0 fully saturated rings. The van der Waals surface area contributed by atoms with Crippen LogP contribution in [0.25, 0.3) is 32.6 Å². The first-order valence-corrected chi connectivity index (χ1v) is 11.8. The van der Waals surface area contributed by atoms with Crippen molar-refractivity contribution >= 4 is 39.1 Å². The number of hydrogen-bond acceptors (Lipinski definition) is 5. The van der Waals surface area contributed by atoms with Crippen molar-refractivity contribution in [3.05, 3.63) is 69.8 Å². The van der Waals surface area contributed by atoms with Gasteiger partial charge in [-0.15, -0.1) is 11.3 Å². The summed E-state index contributed by atoms with van der Waals surface area (Å²) in [7, 11) is 0. The molecule has 0 aliphatic heterocycles. The Hall–Kier alpha value is -2.80. The summed E-state index contributed by atoms with van der Waals surface area (Å²) >= 11 is 7.73. The maximum absolute atomic E-state index is 12.4. The summed E-state index contributed by atoms with van der Waals surface area (Å²) in [4.78, 5) is 21.7. The number of thiazole rings is 1. The van der Waals surface area contributed by atoms with E-state index in [0.717, 1.165) is 38.2 Å². The lowest BCUT2D eigenvalue weighted by Gasteiger charge is -2.29. The van der Waals surface area contributed by atoms with Gasteiger partial charge in [0.15, 0.2) is 6.10 Å². The van der Waals surface area contributed by atoms with E-state index in [1.54, 1.807) is 23.5 Å². The van der Waals surface area contributed by atoms with Gasteiger partial charge in [0.25, 0.3) is 0 Å². The number of benzene rings is 2. The summed E-state index contributed by atoms with van der Waals surface area (Å²) in [5, 5.41) is 10.7. The van der Waals surface area contributed by atoms with Gasteiger partial charge in [-0.25, -0.2) is 9.78 Å². The lowest BCUT2D eigenvalue weighted by atomic mass is 9.88. The quantitative estimate of drug-likeness (QED) is 0.326. The number of rotatable bonds is 5. The van der Waals surface area contributed by atoms with E-state index in [9.17, 15) is 9.90 Å². The second-order valence-electron chi connectivity index (χ2n) is 8.95. The fraction of sp³-hybridized carbons (Fsp3) is 0.269. The third-order valence-corrected chi connectivity index (χ3v) is 6.43. The summed E-state index contributed by atoms with van der Waals surface area (Å²) in [6, 6.07) is 13.5. The van der Waals surface area contributed by atoms with Crippen molar-refractivity contribution in [1.82, 2.24) is 9.97 Å². The molecule has 0 radical (unpaired) electrons. The SMILES string of the molecule is Cc1nc(-c2ccc3scnc3c2)c(C)c(-c2ccc(Cl)cc2)c1[C@H](OC(C)(C)C)C(=O)O. The van der Waals surface area contributed by atoms with Crippen LogP contribution in [0.4, 0.5) is 0 Å². The van der Waals surface area contributed by atoms with Gasteiger partial charge >= 0.3 is 5.97 Å². The van der Waals surface area contributed by atoms with E-state index in [2.05, 4.69) is 4.98 Å². The number of carboxylic acid groups (broad SMARTS) is 1. The lowest BCUT2D eigenvalue weighted by Crippen LogP contribution is -2.28. The van der Waals surface area contributed by atoms with Crippen LogP contribution in [0.2, 0.25) is 5.02 Å². The van der Waals surface area contributed by atoms with Crippen molar-refractivity contribution in [2.45, 2.75) is 46.3 Å². The molecule has 0 saturated heterocycles. The molecule has 4 rings (SSSR count). The molecule has 0 aliphatic carbocycles. The van der Waals surface area contributed by atoms with Crippen molar-refractivity contribution in [3.63, 3.8) is 0 Å². The molecule has 0 saturated carbocycles. The van der Waals surface area contributed by atoms with Crippen LogP contribution in [0, 0.1) is 13.8 Å². The fourth-order valence-corrected chi connectivity index (χ4v) is 4.78. The van der Waals surface area contributed by atoms with E-state index >= 15 is 0 Å². The van der Waals surface area contributed by atoms with Gasteiger partial charge in [0.2, 0.25) is 0 Å². The second kappa shape index (κ2) is 8.86. The number of carbonyl (C=O) groups is 1. The first-order chi connectivity index (χ1) is 15.5. The van der Waals surface area contributed by atoms with Gasteiger partial charge in [-0.1, -0.05) is 29.8 Å². The smallest absolute Gasteiger partial charge is 0.337 e. The summed E-state index contributed by atoms with van der Waals surface area (Å²) in [5.41, 5.74) is 7.48. The molecule has 0 amide bonds. The average molecular weight is 481 g/mol. The molecular weight excluding hydrogens is 456 g/mol. The number of fused-ring (bicyclic) bond motifs is 1. The van der Waals surface area contributed by atoms with E-state index in [0.29, 0.717) is 16.3 Å². The van der Waals surface area contributed by atoms with Crippen molar-refractivity contribution < 1.29 is 14.6 Å². The number of aliphatic carboxylic acids is 1. The van der Waals surface area contributed by atoms with Crippen LogP contribution in [0.1, 0.15) is 43.7 Å². The van der Waals surface area contributed by atoms with E-state index in [1.165, 1.54) is 0 Å². The molecule has 1 N–H and O–H groups in total. The molecule has 33 heavy (non-hydrogen) atoms. The first-order valence-electron chi connectivity index (χ1n) is 10.6. The van der Waals surface area contributed by atoms with Crippen molar-refractivity contribution in [2.75, 3.05) is 0 Å². The van der Waals surface area contributed by atoms with E-state index in [4.69, 9.17) is 21.3 Å². The molecule has 2 heterocycles. The molecule has 170 valence electrons. The fourth-order valence-electron chi connectivity index (χ4n) is 4.00. The standard InChI is InChI=1S/C26H25ClN2O3S/c1-14-21(16-6-9-18(27)10-7-16)22(24(25(30)31)32-26(3,4)5)15(2)29-23(14)17-8-11-20-19(12-17)28-13-33-20/h6-13,24H,1-5H3,(H,30,31)/t24-/m0/s1. The van der Waals surface area contributed by atoms with Crippen LogP contribution in [-0.2, 0) is 9.53 Å². The Morgan fingerprint density at radius 3 is 2.39 bits per heavy atom. The summed E-state index contributed by atoms with van der Waals surface area (Å²) < 4.78 is 7.13. The molecule has 0 unspecified atom stereocenters. The Morgan fingerprint density at radius 1 is 1.09 bits per heavy atom. The topological polar surface area (TPSA) is 72.3 Å². The van der Waals surface area contributed by atoms with Gasteiger partial charge in [0.1, 0.15) is 0 Å². The first kappa shape index (κ1) is 23.4. The van der Waals surface area contributed by atoms with Gasteiger partial charge in [0, 0.05) is 21.8 Å². The zero-order valence-electron chi connectivity index (χ0n) is 19.1. The normalized spacial score (nSPS) is 12.8. The minimum atomic E-state index is -1.17. The highest BCUT2D eigenvalue weighted by atomic mass is 35.5. The Kier molecular flexibility index (Phi) is 6.27. The summed E-state index contributed by atoms with van der Waals surface area (Å²) in [5.74, 6) is -1.05. The Morgan fingerprint density at radius 2 is 1.76 bits per heavy atom. The summed E-state index contributed by atoms with van der Waals surface area (Å²) in [6.07, 6.45) is -1.17. The molecule has 7 heteroatoms.